The summed E-state index contributed by atoms with van der Waals surface area (Å²) < 4.78 is 6.38. The molecule has 0 bridgehead atoms. The van der Waals surface area contributed by atoms with E-state index < -0.39 is 0 Å². The van der Waals surface area contributed by atoms with Crippen molar-refractivity contribution in [2.75, 3.05) is 0 Å². The maximum absolute atomic E-state index is 9.94. The Balaban J connectivity index is 1.86. The number of halogens is 1. The van der Waals surface area contributed by atoms with Gasteiger partial charge in [0.15, 0.2) is 11.5 Å². The van der Waals surface area contributed by atoms with Gasteiger partial charge in [-0.1, -0.05) is 35.9 Å². The molecular formula is C15H11ClO2S. The molecule has 0 saturated carbocycles. The standard InChI is InChI=1S/C15H11ClO2S/c16-15-6-5-12(19-15)9-18-14-8-11-4-2-1-3-10(11)7-13(14)17/h1-8,17H,9H2. The van der Waals surface area contributed by atoms with Crippen LogP contribution in [0.5, 0.6) is 11.5 Å². The van der Waals surface area contributed by atoms with Crippen molar-refractivity contribution in [1.82, 2.24) is 0 Å². The van der Waals surface area contributed by atoms with Crippen molar-refractivity contribution in [3.63, 3.8) is 0 Å². The molecule has 96 valence electrons. The first-order chi connectivity index (χ1) is 9.22. The number of phenolic OH excluding ortho intramolecular Hbond substituents is 1. The zero-order chi connectivity index (χ0) is 13.2. The van der Waals surface area contributed by atoms with E-state index >= 15 is 0 Å². The molecule has 0 spiro atoms. The number of thiophene rings is 1. The van der Waals surface area contributed by atoms with E-state index in [9.17, 15) is 5.11 Å². The molecule has 0 atom stereocenters. The maximum atomic E-state index is 9.94. The van der Waals surface area contributed by atoms with E-state index in [2.05, 4.69) is 0 Å². The minimum absolute atomic E-state index is 0.154. The number of rotatable bonds is 3. The first-order valence-electron chi connectivity index (χ1n) is 5.81. The Morgan fingerprint density at radius 3 is 2.47 bits per heavy atom. The van der Waals surface area contributed by atoms with Gasteiger partial charge in [-0.15, -0.1) is 11.3 Å². The summed E-state index contributed by atoms with van der Waals surface area (Å²) in [5, 5.41) is 12.0. The van der Waals surface area contributed by atoms with Crippen LogP contribution in [-0.4, -0.2) is 5.11 Å². The van der Waals surface area contributed by atoms with Crippen molar-refractivity contribution in [3.8, 4) is 11.5 Å². The van der Waals surface area contributed by atoms with E-state index in [1.54, 1.807) is 6.07 Å². The predicted octanol–water partition coefficient (Wildman–Crippen LogP) is 4.84. The summed E-state index contributed by atoms with van der Waals surface area (Å²) in [7, 11) is 0. The Morgan fingerprint density at radius 2 is 1.79 bits per heavy atom. The van der Waals surface area contributed by atoms with Gasteiger partial charge in [-0.3, -0.25) is 0 Å². The molecule has 0 amide bonds. The van der Waals surface area contributed by atoms with E-state index in [1.165, 1.54) is 11.3 Å². The molecule has 19 heavy (non-hydrogen) atoms. The molecule has 2 nitrogen and oxygen atoms in total. The van der Waals surface area contributed by atoms with Gasteiger partial charge < -0.3 is 9.84 Å². The number of benzene rings is 2. The van der Waals surface area contributed by atoms with Gasteiger partial charge >= 0.3 is 0 Å². The summed E-state index contributed by atoms with van der Waals surface area (Å²) in [6.45, 7) is 0.406. The number of fused-ring (bicyclic) bond motifs is 1. The number of phenols is 1. The third-order valence-corrected chi connectivity index (χ3v) is 4.03. The number of aromatic hydroxyl groups is 1. The molecule has 0 aliphatic carbocycles. The van der Waals surface area contributed by atoms with Crippen LogP contribution in [-0.2, 0) is 6.61 Å². The fourth-order valence-electron chi connectivity index (χ4n) is 1.90. The van der Waals surface area contributed by atoms with E-state index in [0.29, 0.717) is 12.4 Å². The van der Waals surface area contributed by atoms with E-state index in [1.807, 2.05) is 42.5 Å². The summed E-state index contributed by atoms with van der Waals surface area (Å²) in [6.07, 6.45) is 0. The van der Waals surface area contributed by atoms with Crippen molar-refractivity contribution in [2.45, 2.75) is 6.61 Å². The zero-order valence-corrected chi connectivity index (χ0v) is 11.5. The second-order valence-corrected chi connectivity index (χ2v) is 5.96. The number of hydrogen-bond donors (Lipinski definition) is 1. The van der Waals surface area contributed by atoms with Crippen LogP contribution < -0.4 is 4.74 Å². The molecule has 3 aromatic rings. The summed E-state index contributed by atoms with van der Waals surface area (Å²) in [4.78, 5) is 1.03. The van der Waals surface area contributed by atoms with Crippen LogP contribution in [0.3, 0.4) is 0 Å². The highest BCUT2D eigenvalue weighted by Gasteiger charge is 2.06. The molecule has 0 saturated heterocycles. The second kappa shape index (κ2) is 5.11. The van der Waals surface area contributed by atoms with Gasteiger partial charge in [-0.2, -0.15) is 0 Å². The SMILES string of the molecule is Oc1cc2ccccc2cc1OCc1ccc(Cl)s1. The smallest absolute Gasteiger partial charge is 0.162 e. The van der Waals surface area contributed by atoms with Crippen LogP contribution in [0.25, 0.3) is 10.8 Å². The Morgan fingerprint density at radius 1 is 1.05 bits per heavy atom. The third kappa shape index (κ3) is 2.67. The molecule has 1 heterocycles. The third-order valence-electron chi connectivity index (χ3n) is 2.83. The molecule has 2 aromatic carbocycles. The summed E-state index contributed by atoms with van der Waals surface area (Å²) in [5.74, 6) is 0.643. The average Bonchev–Trinajstić information content (AvgIpc) is 2.82. The lowest BCUT2D eigenvalue weighted by molar-refractivity contribution is 0.292. The average molecular weight is 291 g/mol. The molecule has 3 rings (SSSR count). The highest BCUT2D eigenvalue weighted by Crippen LogP contribution is 2.32. The predicted molar refractivity (Wildman–Crippen MR) is 79.3 cm³/mol. The minimum Gasteiger partial charge on any atom is -0.504 e. The van der Waals surface area contributed by atoms with Gasteiger partial charge in [0.05, 0.1) is 4.34 Å². The minimum atomic E-state index is 0.154. The second-order valence-electron chi connectivity index (χ2n) is 4.16. The largest absolute Gasteiger partial charge is 0.504 e. The topological polar surface area (TPSA) is 29.5 Å². The van der Waals surface area contributed by atoms with Gasteiger partial charge in [-0.25, -0.2) is 0 Å². The lowest BCUT2D eigenvalue weighted by Crippen LogP contribution is -1.93. The summed E-state index contributed by atoms with van der Waals surface area (Å²) >= 11 is 7.34. The molecule has 0 aliphatic heterocycles. The normalized spacial score (nSPS) is 10.8. The van der Waals surface area contributed by atoms with Crippen LogP contribution in [0.4, 0.5) is 0 Å². The quantitative estimate of drug-likeness (QED) is 0.748. The lowest BCUT2D eigenvalue weighted by atomic mass is 10.1. The molecule has 1 N–H and O–H groups in total. The number of ether oxygens (including phenoxy) is 1. The Kier molecular flexibility index (Phi) is 3.32. The zero-order valence-electron chi connectivity index (χ0n) is 9.97. The summed E-state index contributed by atoms with van der Waals surface area (Å²) in [5.41, 5.74) is 0. The van der Waals surface area contributed by atoms with E-state index in [-0.39, 0.29) is 5.75 Å². The van der Waals surface area contributed by atoms with E-state index in [4.69, 9.17) is 16.3 Å². The Bertz CT molecular complexity index is 721. The van der Waals surface area contributed by atoms with Gasteiger partial charge in [0.25, 0.3) is 0 Å². The highest BCUT2D eigenvalue weighted by molar-refractivity contribution is 7.16. The molecule has 1 aromatic heterocycles. The lowest BCUT2D eigenvalue weighted by Gasteiger charge is -2.08. The Labute approximate surface area is 119 Å². The van der Waals surface area contributed by atoms with Crippen molar-refractivity contribution in [3.05, 3.63) is 57.7 Å². The fourth-order valence-corrected chi connectivity index (χ4v) is 2.90. The molecular weight excluding hydrogens is 280 g/mol. The Hall–Kier alpha value is -1.71. The molecule has 0 unspecified atom stereocenters. The van der Waals surface area contributed by atoms with Crippen LogP contribution in [0.2, 0.25) is 4.34 Å². The van der Waals surface area contributed by atoms with Gasteiger partial charge in [0, 0.05) is 4.88 Å². The molecule has 4 heteroatoms. The van der Waals surface area contributed by atoms with Crippen molar-refractivity contribution >= 4 is 33.7 Å². The first-order valence-corrected chi connectivity index (χ1v) is 7.00. The monoisotopic (exact) mass is 290 g/mol. The van der Waals surface area contributed by atoms with Crippen LogP contribution >= 0.6 is 22.9 Å². The van der Waals surface area contributed by atoms with E-state index in [0.717, 1.165) is 20.0 Å². The van der Waals surface area contributed by atoms with Crippen molar-refractivity contribution < 1.29 is 9.84 Å². The molecule has 0 radical (unpaired) electrons. The molecule has 0 aliphatic rings. The number of hydrogen-bond acceptors (Lipinski definition) is 3. The summed E-state index contributed by atoms with van der Waals surface area (Å²) in [6, 6.07) is 15.2. The van der Waals surface area contributed by atoms with Gasteiger partial charge in [0.2, 0.25) is 0 Å². The van der Waals surface area contributed by atoms with Gasteiger partial charge in [-0.05, 0) is 35.0 Å². The van der Waals surface area contributed by atoms with Gasteiger partial charge in [0.1, 0.15) is 6.61 Å². The van der Waals surface area contributed by atoms with Crippen LogP contribution in [0, 0.1) is 0 Å². The van der Waals surface area contributed by atoms with Crippen molar-refractivity contribution in [2.24, 2.45) is 0 Å². The van der Waals surface area contributed by atoms with Crippen LogP contribution in [0.1, 0.15) is 4.88 Å². The maximum Gasteiger partial charge on any atom is 0.162 e. The first kappa shape index (κ1) is 12.3. The molecule has 0 fully saturated rings. The highest BCUT2D eigenvalue weighted by atomic mass is 35.5. The van der Waals surface area contributed by atoms with Crippen molar-refractivity contribution in [1.29, 1.82) is 0 Å². The fraction of sp³-hybridized carbons (Fsp3) is 0.0667. The van der Waals surface area contributed by atoms with Crippen LogP contribution in [0.15, 0.2) is 48.5 Å².